The first-order chi connectivity index (χ1) is 22.0. The molecule has 0 bridgehead atoms. The van der Waals surface area contributed by atoms with Crippen LogP contribution < -0.4 is 29.1 Å². The Hall–Kier alpha value is -2.11. The molecular formula is C32H25BrCl2I2N2O6S. The van der Waals surface area contributed by atoms with Crippen molar-refractivity contribution in [2.75, 3.05) is 20.8 Å². The van der Waals surface area contributed by atoms with E-state index in [1.807, 2.05) is 18.2 Å². The first-order valence-electron chi connectivity index (χ1n) is 13.6. The van der Waals surface area contributed by atoms with Crippen LogP contribution in [0.15, 0.2) is 68.0 Å². The van der Waals surface area contributed by atoms with Crippen molar-refractivity contribution in [3.8, 4) is 17.2 Å². The topological polar surface area (TPSA) is 88.4 Å². The van der Waals surface area contributed by atoms with Gasteiger partial charge in [-0.1, -0.05) is 56.5 Å². The van der Waals surface area contributed by atoms with E-state index in [2.05, 4.69) is 61.1 Å². The van der Waals surface area contributed by atoms with Crippen LogP contribution in [0.3, 0.4) is 0 Å². The number of hydrogen-bond donors (Lipinski definition) is 0. The Balaban J connectivity index is 1.68. The summed E-state index contributed by atoms with van der Waals surface area (Å²) in [5.41, 5.74) is 2.55. The number of fused-ring (bicyclic) bond motifs is 1. The smallest absolute Gasteiger partial charge is 0.338 e. The summed E-state index contributed by atoms with van der Waals surface area (Å²) in [5.74, 6) is 0.985. The van der Waals surface area contributed by atoms with Crippen molar-refractivity contribution in [2.45, 2.75) is 26.5 Å². The fourth-order valence-corrected chi connectivity index (χ4v) is 8.87. The fourth-order valence-electron chi connectivity index (χ4n) is 4.93. The van der Waals surface area contributed by atoms with Gasteiger partial charge in [0, 0.05) is 13.6 Å². The highest BCUT2D eigenvalue weighted by molar-refractivity contribution is 14.1. The van der Waals surface area contributed by atoms with Gasteiger partial charge >= 0.3 is 5.97 Å². The van der Waals surface area contributed by atoms with E-state index < -0.39 is 12.0 Å². The summed E-state index contributed by atoms with van der Waals surface area (Å²) in [7, 11) is 3.06. The maximum Gasteiger partial charge on any atom is 0.338 e. The fraction of sp³-hybridized carbons (Fsp3) is 0.219. The summed E-state index contributed by atoms with van der Waals surface area (Å²) in [4.78, 5) is 32.8. The van der Waals surface area contributed by atoms with Gasteiger partial charge in [-0.25, -0.2) is 9.79 Å². The summed E-state index contributed by atoms with van der Waals surface area (Å²) < 4.78 is 27.2. The zero-order valence-corrected chi connectivity index (χ0v) is 33.0. The zero-order chi connectivity index (χ0) is 33.3. The van der Waals surface area contributed by atoms with Crippen molar-refractivity contribution in [3.05, 3.63) is 112 Å². The SMILES string of the molecule is CCOC(=O)C1=C(C)N=c2s/c(=C\c3cc(I)cc(I)c3OCc3ccc(Cl)c(Cl)c3)c(=O)n2[C@H]1c1cc(OC)c(OC)cc1Br. The number of rotatable bonds is 9. The number of carbonyl (C=O) groups is 1. The van der Waals surface area contributed by atoms with Crippen LogP contribution in [0.5, 0.6) is 17.2 Å². The molecule has 0 radical (unpaired) electrons. The van der Waals surface area contributed by atoms with Gasteiger partial charge in [0.2, 0.25) is 0 Å². The van der Waals surface area contributed by atoms with Crippen molar-refractivity contribution < 1.29 is 23.7 Å². The van der Waals surface area contributed by atoms with Crippen LogP contribution in [0.25, 0.3) is 6.08 Å². The molecule has 0 N–H and O–H groups in total. The third-order valence-electron chi connectivity index (χ3n) is 7.01. The Morgan fingerprint density at radius 2 is 1.80 bits per heavy atom. The average molecular weight is 970 g/mol. The highest BCUT2D eigenvalue weighted by Gasteiger charge is 2.35. The highest BCUT2D eigenvalue weighted by atomic mass is 127. The van der Waals surface area contributed by atoms with Crippen molar-refractivity contribution in [2.24, 2.45) is 4.99 Å². The van der Waals surface area contributed by atoms with Gasteiger partial charge in [0.25, 0.3) is 5.56 Å². The van der Waals surface area contributed by atoms with E-state index in [9.17, 15) is 9.59 Å². The van der Waals surface area contributed by atoms with Gasteiger partial charge in [-0.05, 0) is 113 Å². The molecule has 0 saturated heterocycles. The number of nitrogens with zero attached hydrogens (tertiary/aromatic N) is 2. The monoisotopic (exact) mass is 968 g/mol. The molecule has 0 aliphatic carbocycles. The predicted molar refractivity (Wildman–Crippen MR) is 200 cm³/mol. The molecule has 2 heterocycles. The van der Waals surface area contributed by atoms with E-state index in [-0.39, 0.29) is 24.3 Å². The highest BCUT2D eigenvalue weighted by Crippen LogP contribution is 2.41. The zero-order valence-electron chi connectivity index (χ0n) is 24.8. The number of halogens is 5. The molecule has 4 aromatic rings. The molecule has 0 spiro atoms. The first-order valence-corrected chi connectivity index (χ1v) is 18.2. The Kier molecular flexibility index (Phi) is 11.5. The van der Waals surface area contributed by atoms with Crippen LogP contribution in [0.1, 0.15) is 36.6 Å². The number of esters is 1. The Labute approximate surface area is 314 Å². The van der Waals surface area contributed by atoms with Crippen molar-refractivity contribution >= 4 is 108 Å². The van der Waals surface area contributed by atoms with Crippen molar-refractivity contribution in [3.63, 3.8) is 0 Å². The van der Waals surface area contributed by atoms with Crippen LogP contribution in [-0.4, -0.2) is 31.4 Å². The summed E-state index contributed by atoms with van der Waals surface area (Å²) in [6.07, 6.45) is 1.79. The molecular weight excluding hydrogens is 945 g/mol. The summed E-state index contributed by atoms with van der Waals surface area (Å²) >= 11 is 21.6. The lowest BCUT2D eigenvalue weighted by Crippen LogP contribution is -2.40. The lowest BCUT2D eigenvalue weighted by Gasteiger charge is -2.26. The minimum absolute atomic E-state index is 0.163. The van der Waals surface area contributed by atoms with Gasteiger partial charge in [0.05, 0.1) is 56.3 Å². The molecule has 1 aliphatic heterocycles. The second kappa shape index (κ2) is 15.0. The molecule has 46 heavy (non-hydrogen) atoms. The van der Waals surface area contributed by atoms with Crippen LogP contribution in [0.2, 0.25) is 10.0 Å². The van der Waals surface area contributed by atoms with E-state index in [4.69, 9.17) is 47.1 Å². The first kappa shape index (κ1) is 35.2. The second-order valence-corrected chi connectivity index (χ2v) is 15.0. The van der Waals surface area contributed by atoms with Crippen molar-refractivity contribution in [1.29, 1.82) is 0 Å². The normalized spacial score (nSPS) is 14.5. The minimum Gasteiger partial charge on any atom is -0.493 e. The van der Waals surface area contributed by atoms with Gasteiger partial charge in [-0.3, -0.25) is 9.36 Å². The quantitative estimate of drug-likeness (QED) is 0.127. The predicted octanol–water partition coefficient (Wildman–Crippen LogP) is 7.67. The third-order valence-corrected chi connectivity index (χ3v) is 10.8. The van der Waals surface area contributed by atoms with E-state index in [0.717, 1.165) is 12.7 Å². The molecule has 14 heteroatoms. The molecule has 0 amide bonds. The standard InChI is InChI=1S/C32H25BrCl2I2N2O6S/c1-5-44-31(41)27-15(2)38-32-39(28(27)19-12-24(42-3)25(43-4)13-20(19)33)30(40)26(46-32)10-17-9-18(36)11-23(37)29(17)45-14-16-6-7-21(34)22(35)8-16/h6-13,28H,5,14H2,1-4H3/b26-10-/t28-/m0/s1. The molecule has 1 aliphatic rings. The number of aromatic nitrogens is 1. The summed E-state index contributed by atoms with van der Waals surface area (Å²) in [5, 5.41) is 0.902. The van der Waals surface area contributed by atoms with Crippen LogP contribution >= 0.6 is 95.7 Å². The molecule has 3 aromatic carbocycles. The summed E-state index contributed by atoms with van der Waals surface area (Å²) in [6.45, 7) is 3.87. The maximum atomic E-state index is 14.3. The largest absolute Gasteiger partial charge is 0.493 e. The average Bonchev–Trinajstić information content (AvgIpc) is 3.31. The molecule has 8 nitrogen and oxygen atoms in total. The van der Waals surface area contributed by atoms with E-state index >= 15 is 0 Å². The molecule has 1 atom stereocenters. The molecule has 0 unspecified atom stereocenters. The van der Waals surface area contributed by atoms with Gasteiger partial charge in [-0.2, -0.15) is 0 Å². The second-order valence-electron chi connectivity index (χ2n) is 9.87. The molecule has 0 saturated carbocycles. The number of methoxy groups -OCH3 is 2. The number of hydrogen-bond acceptors (Lipinski definition) is 8. The molecule has 5 rings (SSSR count). The Morgan fingerprint density at radius 1 is 1.09 bits per heavy atom. The third kappa shape index (κ3) is 7.16. The lowest BCUT2D eigenvalue weighted by atomic mass is 9.95. The summed E-state index contributed by atoms with van der Waals surface area (Å²) in [6, 6.07) is 11.9. The van der Waals surface area contributed by atoms with Gasteiger partial charge in [0.1, 0.15) is 12.4 Å². The Morgan fingerprint density at radius 3 is 2.48 bits per heavy atom. The number of carbonyl (C=O) groups excluding carboxylic acids is 1. The van der Waals surface area contributed by atoms with Gasteiger partial charge in [-0.15, -0.1) is 0 Å². The van der Waals surface area contributed by atoms with Crippen LogP contribution in [-0.2, 0) is 16.1 Å². The van der Waals surface area contributed by atoms with Gasteiger partial charge < -0.3 is 18.9 Å². The lowest BCUT2D eigenvalue weighted by molar-refractivity contribution is -0.139. The van der Waals surface area contributed by atoms with Crippen LogP contribution in [0, 0.1) is 7.14 Å². The van der Waals surface area contributed by atoms with Crippen LogP contribution in [0.4, 0.5) is 0 Å². The van der Waals surface area contributed by atoms with E-state index in [0.29, 0.717) is 57.9 Å². The molecule has 1 aromatic heterocycles. The maximum absolute atomic E-state index is 14.3. The minimum atomic E-state index is -0.854. The van der Waals surface area contributed by atoms with Crippen molar-refractivity contribution in [1.82, 2.24) is 4.57 Å². The molecule has 0 fully saturated rings. The Bertz CT molecular complexity index is 2080. The van der Waals surface area contributed by atoms with E-state index in [1.54, 1.807) is 44.2 Å². The number of allylic oxidation sites excluding steroid dienone is 1. The number of benzene rings is 3. The van der Waals surface area contributed by atoms with E-state index in [1.165, 1.54) is 30.1 Å². The number of thiazole rings is 1. The molecule has 240 valence electrons. The number of ether oxygens (including phenoxy) is 4. The van der Waals surface area contributed by atoms with Gasteiger partial charge in [0.15, 0.2) is 16.3 Å².